The minimum absolute atomic E-state index is 0.0319. The van der Waals surface area contributed by atoms with Gasteiger partial charge in [-0.05, 0) is 78.9 Å². The van der Waals surface area contributed by atoms with Crippen LogP contribution in [0.1, 0.15) is 86.0 Å². The molecule has 0 aromatic carbocycles. The highest BCUT2D eigenvalue weighted by atomic mass is 16.5. The summed E-state index contributed by atoms with van der Waals surface area (Å²) in [5, 5.41) is 10.9. The third-order valence-corrected chi connectivity index (χ3v) is 10.7. The van der Waals surface area contributed by atoms with Crippen LogP contribution >= 0.6 is 0 Å². The van der Waals surface area contributed by atoms with Crippen molar-refractivity contribution in [2.75, 3.05) is 0 Å². The number of hydrogen-bond donors (Lipinski definition) is 1. The quantitative estimate of drug-likeness (QED) is 0.577. The number of aliphatic hydroxyl groups excluding tert-OH is 1. The molecule has 0 radical (unpaired) electrons. The van der Waals surface area contributed by atoms with Crippen LogP contribution in [0.3, 0.4) is 0 Å². The number of carbonyl (C=O) groups is 1. The summed E-state index contributed by atoms with van der Waals surface area (Å²) in [7, 11) is 0. The van der Waals surface area contributed by atoms with E-state index in [4.69, 9.17) is 4.74 Å². The lowest BCUT2D eigenvalue weighted by molar-refractivity contribution is -0.220. The summed E-state index contributed by atoms with van der Waals surface area (Å²) >= 11 is 0. The lowest BCUT2D eigenvalue weighted by atomic mass is 9.35. The molecule has 5 aliphatic rings. The number of ether oxygens (including phenoxy) is 1. The predicted molar refractivity (Wildman–Crippen MR) is 109 cm³/mol. The third kappa shape index (κ3) is 2.23. The van der Waals surface area contributed by atoms with Crippen molar-refractivity contribution in [3.05, 3.63) is 11.6 Å². The summed E-state index contributed by atoms with van der Waals surface area (Å²) in [6.45, 7) is 12.5. The van der Waals surface area contributed by atoms with E-state index >= 15 is 0 Å². The van der Waals surface area contributed by atoms with Crippen molar-refractivity contribution in [2.24, 2.45) is 39.4 Å². The van der Waals surface area contributed by atoms with E-state index in [0.29, 0.717) is 22.7 Å². The summed E-state index contributed by atoms with van der Waals surface area (Å²) in [6.07, 6.45) is 10.6. The van der Waals surface area contributed by atoms with E-state index in [1.165, 1.54) is 38.5 Å². The van der Waals surface area contributed by atoms with Gasteiger partial charge in [0, 0.05) is 17.1 Å². The zero-order chi connectivity index (χ0) is 20.1. The van der Waals surface area contributed by atoms with Crippen molar-refractivity contribution in [1.29, 1.82) is 0 Å². The second-order valence-electron chi connectivity index (χ2n) is 12.3. The molecule has 4 fully saturated rings. The molecule has 0 aromatic rings. The van der Waals surface area contributed by atoms with Gasteiger partial charge < -0.3 is 9.84 Å². The van der Waals surface area contributed by atoms with Crippen molar-refractivity contribution >= 4 is 5.97 Å². The number of aliphatic hydroxyl groups is 1. The van der Waals surface area contributed by atoms with Gasteiger partial charge in [0.05, 0.1) is 6.10 Å². The first-order chi connectivity index (χ1) is 13.0. The van der Waals surface area contributed by atoms with Gasteiger partial charge in [-0.3, -0.25) is 0 Å². The van der Waals surface area contributed by atoms with E-state index < -0.39 is 6.10 Å². The Hall–Kier alpha value is -0.830. The van der Waals surface area contributed by atoms with Gasteiger partial charge in [-0.2, -0.15) is 0 Å². The van der Waals surface area contributed by atoms with Gasteiger partial charge >= 0.3 is 5.97 Å². The van der Waals surface area contributed by atoms with Crippen LogP contribution in [0.15, 0.2) is 11.6 Å². The van der Waals surface area contributed by atoms with Crippen LogP contribution in [0, 0.1) is 39.4 Å². The molecule has 0 aromatic heterocycles. The van der Waals surface area contributed by atoms with Gasteiger partial charge in [0.15, 0.2) is 0 Å². The minimum Gasteiger partial charge on any atom is -0.454 e. The Labute approximate surface area is 170 Å². The molecule has 8 atom stereocenters. The Morgan fingerprint density at radius 3 is 2.29 bits per heavy atom. The molecule has 0 amide bonds. The summed E-state index contributed by atoms with van der Waals surface area (Å²) in [5.41, 5.74) is 1.90. The lowest BCUT2D eigenvalue weighted by Gasteiger charge is -2.69. The second kappa shape index (κ2) is 5.65. The van der Waals surface area contributed by atoms with E-state index in [-0.39, 0.29) is 22.9 Å². The fraction of sp³-hybridized carbons (Fsp3) is 0.880. The third-order valence-electron chi connectivity index (χ3n) is 10.7. The van der Waals surface area contributed by atoms with Gasteiger partial charge in [-0.25, -0.2) is 4.79 Å². The highest BCUT2D eigenvalue weighted by molar-refractivity contribution is 5.86. The van der Waals surface area contributed by atoms with Gasteiger partial charge in [0.2, 0.25) is 0 Å². The SMILES string of the molecule is CC1(C)CCC[C@]2(C)[C@H]3CC[C@@]4(C)[C@@H](C[C@H](O)C5=CC(=O)O[C@@H]54)[C@]3(C)CC[C@@H]12. The highest BCUT2D eigenvalue weighted by Crippen LogP contribution is 2.73. The van der Waals surface area contributed by atoms with Crippen molar-refractivity contribution in [1.82, 2.24) is 0 Å². The van der Waals surface area contributed by atoms with Crippen LogP contribution in [0.5, 0.6) is 0 Å². The van der Waals surface area contributed by atoms with Gasteiger partial charge in [-0.1, -0.05) is 41.0 Å². The Morgan fingerprint density at radius 1 is 0.893 bits per heavy atom. The molecule has 3 heteroatoms. The number of hydrogen-bond acceptors (Lipinski definition) is 3. The van der Waals surface area contributed by atoms with Crippen LogP contribution in [0.25, 0.3) is 0 Å². The Bertz CT molecular complexity index is 738. The molecule has 0 unspecified atom stereocenters. The second-order valence-corrected chi connectivity index (χ2v) is 12.3. The Balaban J connectivity index is 1.55. The van der Waals surface area contributed by atoms with E-state index in [1.807, 2.05) is 0 Å². The molecule has 3 nitrogen and oxygen atoms in total. The molecule has 1 aliphatic heterocycles. The van der Waals surface area contributed by atoms with Crippen LogP contribution in [0.4, 0.5) is 0 Å². The first kappa shape index (κ1) is 19.2. The fourth-order valence-corrected chi connectivity index (χ4v) is 9.57. The van der Waals surface area contributed by atoms with Crippen LogP contribution in [-0.2, 0) is 9.53 Å². The average Bonchev–Trinajstić information content (AvgIpc) is 2.99. The maximum absolute atomic E-state index is 12.0. The molecule has 0 spiro atoms. The predicted octanol–water partition coefficient (Wildman–Crippen LogP) is 5.27. The van der Waals surface area contributed by atoms with E-state index in [2.05, 4.69) is 34.6 Å². The molecule has 5 rings (SSSR count). The number of fused-ring (bicyclic) bond motifs is 7. The van der Waals surface area contributed by atoms with Crippen molar-refractivity contribution in [3.63, 3.8) is 0 Å². The maximum atomic E-state index is 12.0. The zero-order valence-electron chi connectivity index (χ0n) is 18.4. The Morgan fingerprint density at radius 2 is 1.54 bits per heavy atom. The van der Waals surface area contributed by atoms with Gasteiger partial charge in [0.1, 0.15) is 6.10 Å². The molecule has 4 saturated carbocycles. The van der Waals surface area contributed by atoms with Gasteiger partial charge in [-0.15, -0.1) is 0 Å². The van der Waals surface area contributed by atoms with Crippen molar-refractivity contribution in [2.45, 2.75) is 98.2 Å². The molecular weight excluding hydrogens is 348 g/mol. The minimum atomic E-state index is -0.515. The number of carbonyl (C=O) groups excluding carboxylic acids is 1. The summed E-state index contributed by atoms with van der Waals surface area (Å²) in [5.74, 6) is 1.69. The van der Waals surface area contributed by atoms with E-state index in [0.717, 1.165) is 24.3 Å². The summed E-state index contributed by atoms with van der Waals surface area (Å²) in [4.78, 5) is 12.0. The smallest absolute Gasteiger partial charge is 0.331 e. The van der Waals surface area contributed by atoms with E-state index in [1.54, 1.807) is 6.08 Å². The molecule has 0 saturated heterocycles. The zero-order valence-corrected chi connectivity index (χ0v) is 18.4. The molecule has 0 bridgehead atoms. The topological polar surface area (TPSA) is 46.5 Å². The monoisotopic (exact) mass is 386 g/mol. The molecule has 4 aliphatic carbocycles. The molecule has 1 N–H and O–H groups in total. The number of rotatable bonds is 0. The van der Waals surface area contributed by atoms with Crippen molar-refractivity contribution in [3.8, 4) is 0 Å². The Kier molecular flexibility index (Phi) is 3.86. The number of esters is 1. The highest BCUT2D eigenvalue weighted by Gasteiger charge is 2.67. The normalized spacial score (nSPS) is 54.6. The largest absolute Gasteiger partial charge is 0.454 e. The van der Waals surface area contributed by atoms with Crippen LogP contribution in [-0.4, -0.2) is 23.3 Å². The summed E-state index contributed by atoms with van der Waals surface area (Å²) < 4.78 is 5.81. The van der Waals surface area contributed by atoms with Crippen molar-refractivity contribution < 1.29 is 14.6 Å². The molecule has 156 valence electrons. The summed E-state index contributed by atoms with van der Waals surface area (Å²) in [6, 6.07) is 0. The molecular formula is C25H38O3. The maximum Gasteiger partial charge on any atom is 0.331 e. The molecule has 1 heterocycles. The fourth-order valence-electron chi connectivity index (χ4n) is 9.57. The standard InChI is InChI=1S/C25H38O3/c1-22(2)9-6-10-23(3)17(22)7-11-24(4)18(23)8-12-25(5)19(24)14-16(26)15-13-20(27)28-21(15)25/h13,16-19,21,26H,6-12,14H2,1-5H3/t16-,17-,18+,19-,21-,23-,24+,25-/m0/s1. The van der Waals surface area contributed by atoms with E-state index in [9.17, 15) is 9.90 Å². The first-order valence-electron chi connectivity index (χ1n) is 11.6. The van der Waals surface area contributed by atoms with Crippen LogP contribution in [0.2, 0.25) is 0 Å². The average molecular weight is 387 g/mol. The van der Waals surface area contributed by atoms with Crippen LogP contribution < -0.4 is 0 Å². The molecule has 28 heavy (non-hydrogen) atoms. The lowest BCUT2D eigenvalue weighted by Crippen LogP contribution is -2.64. The first-order valence-corrected chi connectivity index (χ1v) is 11.6. The van der Waals surface area contributed by atoms with Gasteiger partial charge in [0.25, 0.3) is 0 Å².